The van der Waals surface area contributed by atoms with Crippen LogP contribution in [0.15, 0.2) is 59.7 Å². The molecule has 0 spiro atoms. The summed E-state index contributed by atoms with van der Waals surface area (Å²) in [5, 5.41) is 0. The molecule has 0 amide bonds. The number of aryl methyl sites for hydroxylation is 1. The first-order valence-corrected chi connectivity index (χ1v) is 12.0. The summed E-state index contributed by atoms with van der Waals surface area (Å²) in [5.74, 6) is 0.0155. The second kappa shape index (κ2) is 9.57. The number of para-hydroxylation sites is 1. The summed E-state index contributed by atoms with van der Waals surface area (Å²) in [6.45, 7) is 2.64. The number of ether oxygens (including phenoxy) is 1. The third kappa shape index (κ3) is 4.45. The molecule has 0 bridgehead atoms. The second-order valence-corrected chi connectivity index (χ2v) is 9.23. The Balaban J connectivity index is 1.55. The summed E-state index contributed by atoms with van der Waals surface area (Å²) in [4.78, 5) is 19.9. The molecule has 4 aromatic rings. The Morgan fingerprint density at radius 2 is 1.78 bits per heavy atom. The van der Waals surface area contributed by atoms with E-state index in [0.29, 0.717) is 48.4 Å². The third-order valence-electron chi connectivity index (χ3n) is 7.04. The molecule has 5 rings (SSSR count). The normalized spacial score (nSPS) is 14.9. The maximum Gasteiger partial charge on any atom is 0.416 e. The number of methoxy groups -OCH3 is 1. The number of alkyl halides is 3. The number of aromatic nitrogens is 3. The molecule has 0 atom stereocenters. The van der Waals surface area contributed by atoms with E-state index in [4.69, 9.17) is 4.74 Å². The van der Waals surface area contributed by atoms with E-state index in [-0.39, 0.29) is 24.0 Å². The lowest BCUT2D eigenvalue weighted by Gasteiger charge is -2.35. The minimum Gasteiger partial charge on any atom is -0.493 e. The van der Waals surface area contributed by atoms with E-state index in [1.165, 1.54) is 42.1 Å². The monoisotopic (exact) mass is 514 g/mol. The SMILES string of the molecule is COc1cncc2c1n(Cc1ccccc1C(F)(F)F)c(=O)n2C1CCN(c2c(C)cccc2F)CC1. The highest BCUT2D eigenvalue weighted by molar-refractivity contribution is 5.82. The Kier molecular flexibility index (Phi) is 6.43. The van der Waals surface area contributed by atoms with Gasteiger partial charge in [-0.15, -0.1) is 0 Å². The molecule has 0 radical (unpaired) electrons. The van der Waals surface area contributed by atoms with Crippen LogP contribution in [0.4, 0.5) is 23.2 Å². The van der Waals surface area contributed by atoms with E-state index >= 15 is 0 Å². The van der Waals surface area contributed by atoms with Crippen molar-refractivity contribution in [2.45, 2.75) is 38.5 Å². The van der Waals surface area contributed by atoms with E-state index in [1.54, 1.807) is 16.8 Å². The molecular weight excluding hydrogens is 488 g/mol. The van der Waals surface area contributed by atoms with Gasteiger partial charge in [-0.05, 0) is 43.0 Å². The lowest BCUT2D eigenvalue weighted by molar-refractivity contribution is -0.138. The molecule has 2 aromatic carbocycles. The summed E-state index contributed by atoms with van der Waals surface area (Å²) < 4.78 is 64.0. The lowest BCUT2D eigenvalue weighted by Crippen LogP contribution is -2.38. The zero-order chi connectivity index (χ0) is 26.3. The van der Waals surface area contributed by atoms with Crippen molar-refractivity contribution in [3.05, 3.63) is 87.9 Å². The van der Waals surface area contributed by atoms with Crippen LogP contribution in [-0.4, -0.2) is 34.3 Å². The molecule has 37 heavy (non-hydrogen) atoms. The van der Waals surface area contributed by atoms with Crippen LogP contribution in [0.3, 0.4) is 0 Å². The topological polar surface area (TPSA) is 52.3 Å². The maximum absolute atomic E-state index is 14.5. The van der Waals surface area contributed by atoms with Crippen LogP contribution in [0.25, 0.3) is 11.0 Å². The molecule has 0 saturated carbocycles. The van der Waals surface area contributed by atoms with Crippen LogP contribution in [-0.2, 0) is 12.7 Å². The fraction of sp³-hybridized carbons (Fsp3) is 0.333. The molecule has 1 fully saturated rings. The first-order valence-electron chi connectivity index (χ1n) is 12.0. The van der Waals surface area contributed by atoms with E-state index in [2.05, 4.69) is 4.98 Å². The number of hydrogen-bond acceptors (Lipinski definition) is 4. The Hall–Kier alpha value is -3.82. The summed E-state index contributed by atoms with van der Waals surface area (Å²) >= 11 is 0. The van der Waals surface area contributed by atoms with Gasteiger partial charge in [-0.25, -0.2) is 9.18 Å². The predicted molar refractivity (Wildman–Crippen MR) is 133 cm³/mol. The van der Waals surface area contributed by atoms with Gasteiger partial charge in [0, 0.05) is 19.1 Å². The number of halogens is 4. The minimum atomic E-state index is -4.55. The summed E-state index contributed by atoms with van der Waals surface area (Å²) in [5.41, 5.74) is 1.05. The lowest BCUT2D eigenvalue weighted by atomic mass is 10.0. The van der Waals surface area contributed by atoms with Crippen LogP contribution in [0.5, 0.6) is 5.75 Å². The second-order valence-electron chi connectivity index (χ2n) is 9.23. The first-order chi connectivity index (χ1) is 17.7. The van der Waals surface area contributed by atoms with Gasteiger partial charge in [0.2, 0.25) is 0 Å². The van der Waals surface area contributed by atoms with Gasteiger partial charge in [-0.3, -0.25) is 14.1 Å². The number of nitrogens with zero attached hydrogens (tertiary/aromatic N) is 4. The molecule has 0 aliphatic carbocycles. The average Bonchev–Trinajstić information content (AvgIpc) is 3.15. The molecular formula is C27H26F4N4O2. The fourth-order valence-electron chi connectivity index (χ4n) is 5.33. The van der Waals surface area contributed by atoms with Gasteiger partial charge >= 0.3 is 11.9 Å². The number of benzene rings is 2. The third-order valence-corrected chi connectivity index (χ3v) is 7.04. The Morgan fingerprint density at radius 1 is 1.05 bits per heavy atom. The Labute approximate surface area is 210 Å². The molecule has 2 aromatic heterocycles. The van der Waals surface area contributed by atoms with Crippen LogP contribution in [0, 0.1) is 12.7 Å². The smallest absolute Gasteiger partial charge is 0.416 e. The quantitative estimate of drug-likeness (QED) is 0.327. The Bertz CT molecular complexity index is 1480. The molecule has 1 aliphatic heterocycles. The zero-order valence-corrected chi connectivity index (χ0v) is 20.4. The van der Waals surface area contributed by atoms with Crippen LogP contribution in [0.1, 0.15) is 35.6 Å². The van der Waals surface area contributed by atoms with Gasteiger partial charge in [-0.2, -0.15) is 13.2 Å². The van der Waals surface area contributed by atoms with E-state index in [0.717, 1.165) is 11.6 Å². The number of anilines is 1. The van der Waals surface area contributed by atoms with Gasteiger partial charge < -0.3 is 9.64 Å². The van der Waals surface area contributed by atoms with Crippen molar-refractivity contribution in [3.8, 4) is 5.75 Å². The molecule has 194 valence electrons. The van der Waals surface area contributed by atoms with Gasteiger partial charge in [0.05, 0.1) is 42.8 Å². The highest BCUT2D eigenvalue weighted by Crippen LogP contribution is 2.35. The summed E-state index contributed by atoms with van der Waals surface area (Å²) in [6.07, 6.45) is -0.450. The maximum atomic E-state index is 14.5. The van der Waals surface area contributed by atoms with Gasteiger partial charge in [0.15, 0.2) is 5.75 Å². The highest BCUT2D eigenvalue weighted by Gasteiger charge is 2.34. The number of piperidine rings is 1. The first kappa shape index (κ1) is 24.9. The highest BCUT2D eigenvalue weighted by atomic mass is 19.4. The van der Waals surface area contributed by atoms with Gasteiger partial charge in [0.1, 0.15) is 11.3 Å². The summed E-state index contributed by atoms with van der Waals surface area (Å²) in [6, 6.07) is 9.98. The van der Waals surface area contributed by atoms with Crippen molar-refractivity contribution in [1.29, 1.82) is 0 Å². The van der Waals surface area contributed by atoms with Gasteiger partial charge in [-0.1, -0.05) is 30.3 Å². The number of fused-ring (bicyclic) bond motifs is 1. The van der Waals surface area contributed by atoms with Crippen LogP contribution >= 0.6 is 0 Å². The number of hydrogen-bond donors (Lipinski definition) is 0. The number of pyridine rings is 1. The van der Waals surface area contributed by atoms with Gasteiger partial charge in [0.25, 0.3) is 0 Å². The van der Waals surface area contributed by atoms with Crippen molar-refractivity contribution in [2.75, 3.05) is 25.1 Å². The fourth-order valence-corrected chi connectivity index (χ4v) is 5.33. The van der Waals surface area contributed by atoms with Crippen LogP contribution < -0.4 is 15.3 Å². The molecule has 3 heterocycles. The molecule has 1 aliphatic rings. The van der Waals surface area contributed by atoms with Crippen molar-refractivity contribution < 1.29 is 22.3 Å². The van der Waals surface area contributed by atoms with Crippen molar-refractivity contribution in [2.24, 2.45) is 0 Å². The minimum absolute atomic E-state index is 0.0140. The van der Waals surface area contributed by atoms with E-state index < -0.39 is 17.4 Å². The Morgan fingerprint density at radius 3 is 2.46 bits per heavy atom. The van der Waals surface area contributed by atoms with Crippen molar-refractivity contribution in [3.63, 3.8) is 0 Å². The number of imidazole rings is 1. The van der Waals surface area contributed by atoms with Crippen molar-refractivity contribution in [1.82, 2.24) is 14.1 Å². The number of rotatable bonds is 5. The van der Waals surface area contributed by atoms with Crippen molar-refractivity contribution >= 4 is 16.7 Å². The molecule has 6 nitrogen and oxygen atoms in total. The van der Waals surface area contributed by atoms with Crippen LogP contribution in [0.2, 0.25) is 0 Å². The molecule has 1 saturated heterocycles. The molecule has 10 heteroatoms. The van der Waals surface area contributed by atoms with E-state index in [1.807, 2.05) is 17.9 Å². The standard InChI is InChI=1S/C27H26F4N4O2/c1-17-6-5-9-21(28)24(17)33-12-10-19(11-13-33)35-22-14-32-15-23(37-2)25(22)34(26(35)36)16-18-7-3-4-8-20(18)27(29,30)31/h3-9,14-15,19H,10-13,16H2,1-2H3. The average molecular weight is 515 g/mol. The molecule has 0 unspecified atom stereocenters. The predicted octanol–water partition coefficient (Wildman–Crippen LogP) is 5.56. The summed E-state index contributed by atoms with van der Waals surface area (Å²) in [7, 11) is 1.43. The molecule has 0 N–H and O–H groups in total. The zero-order valence-electron chi connectivity index (χ0n) is 20.4. The van der Waals surface area contributed by atoms with E-state index in [9.17, 15) is 22.4 Å². The largest absolute Gasteiger partial charge is 0.493 e.